The molecule has 4 nitrogen and oxygen atoms in total. The van der Waals surface area contributed by atoms with E-state index in [-0.39, 0.29) is 0 Å². The van der Waals surface area contributed by atoms with Crippen molar-refractivity contribution in [3.8, 4) is 0 Å². The second-order valence-electron chi connectivity index (χ2n) is 4.19. The van der Waals surface area contributed by atoms with Gasteiger partial charge in [0.05, 0.1) is 12.2 Å². The van der Waals surface area contributed by atoms with Crippen LogP contribution in [0.3, 0.4) is 0 Å². The summed E-state index contributed by atoms with van der Waals surface area (Å²) < 4.78 is 0. The molecule has 0 radical (unpaired) electrons. The summed E-state index contributed by atoms with van der Waals surface area (Å²) in [5.41, 5.74) is 2.12. The van der Waals surface area contributed by atoms with Crippen LogP contribution < -0.4 is 10.2 Å². The van der Waals surface area contributed by atoms with Crippen LogP contribution in [0.2, 0.25) is 0 Å². The number of nitrogens with one attached hydrogen (secondary N) is 1. The molecule has 0 aliphatic heterocycles. The maximum absolute atomic E-state index is 4.19. The van der Waals surface area contributed by atoms with Crippen LogP contribution >= 0.6 is 0 Å². The van der Waals surface area contributed by atoms with E-state index in [2.05, 4.69) is 46.4 Å². The summed E-state index contributed by atoms with van der Waals surface area (Å²) in [6.07, 6.45) is 7.69. The fraction of sp³-hybridized carbons (Fsp3) is 0.375. The van der Waals surface area contributed by atoms with Gasteiger partial charge in [0.1, 0.15) is 0 Å². The summed E-state index contributed by atoms with van der Waals surface area (Å²) >= 11 is 0. The van der Waals surface area contributed by atoms with Gasteiger partial charge in [-0.3, -0.25) is 0 Å². The largest absolute Gasteiger partial charge is 0.394 e. The molecular weight excluding hydrogens is 248 g/mol. The number of anilines is 1. The third kappa shape index (κ3) is 5.69. The van der Waals surface area contributed by atoms with E-state index in [9.17, 15) is 0 Å². The van der Waals surface area contributed by atoms with Crippen LogP contribution in [-0.4, -0.2) is 26.7 Å². The minimum atomic E-state index is 0.589. The van der Waals surface area contributed by atoms with Gasteiger partial charge in [-0.2, -0.15) is 10.2 Å². The van der Waals surface area contributed by atoms with Crippen LogP contribution in [-0.2, 0) is 0 Å². The lowest BCUT2D eigenvalue weighted by Crippen LogP contribution is -2.21. The number of nitrogens with zero attached hydrogens (tertiary/aromatic N) is 3. The summed E-state index contributed by atoms with van der Waals surface area (Å²) in [6, 6.07) is 8.18. The fourth-order valence-corrected chi connectivity index (χ4v) is 1.78. The first-order valence-electron chi connectivity index (χ1n) is 7.03. The highest BCUT2D eigenvalue weighted by atomic mass is 15.1. The predicted octanol–water partition coefficient (Wildman–Crippen LogP) is 3.91. The molecule has 0 saturated carbocycles. The monoisotopic (exact) mass is 272 g/mol. The van der Waals surface area contributed by atoms with Crippen molar-refractivity contribution in [3.63, 3.8) is 0 Å². The molecule has 0 spiro atoms. The second-order valence-corrected chi connectivity index (χ2v) is 4.19. The van der Waals surface area contributed by atoms with Gasteiger partial charge in [-0.05, 0) is 50.4 Å². The molecule has 1 rings (SSSR count). The summed E-state index contributed by atoms with van der Waals surface area (Å²) in [7, 11) is 1.87. The summed E-state index contributed by atoms with van der Waals surface area (Å²) in [6.45, 7) is 6.94. The average Bonchev–Trinajstić information content (AvgIpc) is 2.49. The van der Waals surface area contributed by atoms with Gasteiger partial charge in [0.15, 0.2) is 0 Å². The van der Waals surface area contributed by atoms with Gasteiger partial charge < -0.3 is 10.2 Å². The topological polar surface area (TPSA) is 40.0 Å². The molecule has 108 valence electrons. The number of hydrogen-bond acceptors (Lipinski definition) is 4. The molecule has 1 aromatic carbocycles. The SMILES string of the molecule is CCN(CC)c1ccc(N=NC/C=C\C=C/NC)cc1. The highest BCUT2D eigenvalue weighted by Crippen LogP contribution is 2.19. The lowest BCUT2D eigenvalue weighted by Gasteiger charge is -2.20. The number of allylic oxidation sites excluding steroid dienone is 2. The van der Waals surface area contributed by atoms with E-state index in [0.29, 0.717) is 6.54 Å². The van der Waals surface area contributed by atoms with E-state index < -0.39 is 0 Å². The molecule has 0 atom stereocenters. The molecule has 0 aliphatic rings. The van der Waals surface area contributed by atoms with Crippen molar-refractivity contribution in [2.24, 2.45) is 10.2 Å². The van der Waals surface area contributed by atoms with Crippen LogP contribution in [0.1, 0.15) is 13.8 Å². The molecule has 0 aliphatic carbocycles. The zero-order valence-corrected chi connectivity index (χ0v) is 12.6. The molecule has 0 amide bonds. The molecule has 0 saturated heterocycles. The van der Waals surface area contributed by atoms with Crippen LogP contribution in [0.15, 0.2) is 58.9 Å². The van der Waals surface area contributed by atoms with E-state index in [0.717, 1.165) is 18.8 Å². The van der Waals surface area contributed by atoms with E-state index in [1.807, 2.05) is 43.6 Å². The Labute approximate surface area is 121 Å². The van der Waals surface area contributed by atoms with Gasteiger partial charge in [0, 0.05) is 25.8 Å². The summed E-state index contributed by atoms with van der Waals surface area (Å²) in [5, 5.41) is 11.2. The van der Waals surface area contributed by atoms with Crippen LogP contribution in [0.5, 0.6) is 0 Å². The molecule has 0 bridgehead atoms. The molecule has 1 N–H and O–H groups in total. The third-order valence-corrected chi connectivity index (χ3v) is 2.86. The molecule has 20 heavy (non-hydrogen) atoms. The Morgan fingerprint density at radius 1 is 1.10 bits per heavy atom. The van der Waals surface area contributed by atoms with E-state index in [1.54, 1.807) is 0 Å². The van der Waals surface area contributed by atoms with Gasteiger partial charge in [-0.25, -0.2) is 0 Å². The number of hydrogen-bond donors (Lipinski definition) is 1. The number of rotatable bonds is 8. The van der Waals surface area contributed by atoms with Crippen molar-refractivity contribution in [2.45, 2.75) is 13.8 Å². The smallest absolute Gasteiger partial charge is 0.0854 e. The molecule has 0 unspecified atom stereocenters. The summed E-state index contributed by atoms with van der Waals surface area (Å²) in [4.78, 5) is 2.30. The van der Waals surface area contributed by atoms with Crippen molar-refractivity contribution in [1.29, 1.82) is 0 Å². The minimum Gasteiger partial charge on any atom is -0.394 e. The quantitative estimate of drug-likeness (QED) is 0.576. The first-order chi connectivity index (χ1) is 9.81. The Hall–Kier alpha value is -2.10. The molecular formula is C16H24N4. The van der Waals surface area contributed by atoms with Crippen molar-refractivity contribution in [1.82, 2.24) is 5.32 Å². The maximum atomic E-state index is 4.19. The maximum Gasteiger partial charge on any atom is 0.0854 e. The van der Waals surface area contributed by atoms with E-state index in [1.165, 1.54) is 5.69 Å². The zero-order valence-electron chi connectivity index (χ0n) is 12.6. The van der Waals surface area contributed by atoms with E-state index in [4.69, 9.17) is 0 Å². The lowest BCUT2D eigenvalue weighted by molar-refractivity contribution is 0.866. The third-order valence-electron chi connectivity index (χ3n) is 2.86. The van der Waals surface area contributed by atoms with Crippen LogP contribution in [0.4, 0.5) is 11.4 Å². The summed E-state index contributed by atoms with van der Waals surface area (Å²) in [5.74, 6) is 0. The van der Waals surface area contributed by atoms with Crippen molar-refractivity contribution >= 4 is 11.4 Å². The Morgan fingerprint density at radius 3 is 2.40 bits per heavy atom. The van der Waals surface area contributed by atoms with Gasteiger partial charge >= 0.3 is 0 Å². The van der Waals surface area contributed by atoms with Crippen molar-refractivity contribution in [3.05, 3.63) is 48.7 Å². The predicted molar refractivity (Wildman–Crippen MR) is 86.7 cm³/mol. The van der Waals surface area contributed by atoms with Gasteiger partial charge in [0.2, 0.25) is 0 Å². The molecule has 0 aromatic heterocycles. The Kier molecular flexibility index (Phi) is 7.80. The van der Waals surface area contributed by atoms with Gasteiger partial charge in [-0.1, -0.05) is 12.2 Å². The van der Waals surface area contributed by atoms with Crippen LogP contribution in [0.25, 0.3) is 0 Å². The van der Waals surface area contributed by atoms with Gasteiger partial charge in [0.25, 0.3) is 0 Å². The Bertz CT molecular complexity index is 442. The van der Waals surface area contributed by atoms with Crippen molar-refractivity contribution in [2.75, 3.05) is 31.6 Å². The number of azo groups is 1. The van der Waals surface area contributed by atoms with Crippen molar-refractivity contribution < 1.29 is 0 Å². The highest BCUT2D eigenvalue weighted by molar-refractivity contribution is 5.52. The highest BCUT2D eigenvalue weighted by Gasteiger charge is 2.00. The standard InChI is InChI=1S/C16H24N4/c1-4-20(5-2)16-11-9-15(10-12-16)19-18-14-8-6-7-13-17-3/h6-13,17H,4-5,14H2,1-3H3/b8-6-,13-7-,19-18?. The Balaban J connectivity index is 2.48. The van der Waals surface area contributed by atoms with E-state index >= 15 is 0 Å². The minimum absolute atomic E-state index is 0.589. The number of benzene rings is 1. The molecule has 4 heteroatoms. The first kappa shape index (κ1) is 16.0. The fourth-order valence-electron chi connectivity index (χ4n) is 1.78. The van der Waals surface area contributed by atoms with Crippen LogP contribution in [0, 0.1) is 0 Å². The molecule has 1 aromatic rings. The normalized spacial score (nSPS) is 11.8. The Morgan fingerprint density at radius 2 is 1.80 bits per heavy atom. The second kappa shape index (κ2) is 9.78. The zero-order chi connectivity index (χ0) is 14.6. The lowest BCUT2D eigenvalue weighted by atomic mass is 10.2. The van der Waals surface area contributed by atoms with Gasteiger partial charge in [-0.15, -0.1) is 0 Å². The molecule has 0 heterocycles. The molecule has 0 fully saturated rings. The first-order valence-corrected chi connectivity index (χ1v) is 7.03. The average molecular weight is 272 g/mol.